The van der Waals surface area contributed by atoms with Crippen LogP contribution in [0.2, 0.25) is 0 Å². The third kappa shape index (κ3) is 5.12. The first-order valence-corrected chi connectivity index (χ1v) is 8.51. The Morgan fingerprint density at radius 1 is 1.24 bits per heavy atom. The topological polar surface area (TPSA) is 90.7 Å². The molecule has 1 aromatic carbocycles. The fourth-order valence-electron chi connectivity index (χ4n) is 3.00. The number of nitrogens with zero attached hydrogens (tertiary/aromatic N) is 3. The van der Waals surface area contributed by atoms with Crippen molar-refractivity contribution in [2.24, 2.45) is 0 Å². The Bertz CT molecular complexity index is 656. The van der Waals surface area contributed by atoms with Gasteiger partial charge in [0.05, 0.1) is 18.8 Å². The largest absolute Gasteiger partial charge is 0.491 e. The number of aliphatic hydroxyl groups excluding tert-OH is 2. The number of aromatic nitrogens is 2. The van der Waals surface area contributed by atoms with Gasteiger partial charge in [-0.2, -0.15) is 0 Å². The molecule has 0 amide bonds. The highest BCUT2D eigenvalue weighted by Crippen LogP contribution is 2.19. The Balaban J connectivity index is 1.53. The predicted octanol–water partition coefficient (Wildman–Crippen LogP) is 0.895. The molecule has 1 fully saturated rings. The summed E-state index contributed by atoms with van der Waals surface area (Å²) in [5, 5.41) is 22.5. The molecule has 25 heavy (non-hydrogen) atoms. The molecule has 2 atom stereocenters. The maximum Gasteiger partial charge on any atom is 0.222 e. The first-order chi connectivity index (χ1) is 12.2. The molecule has 1 aliphatic rings. The van der Waals surface area contributed by atoms with Gasteiger partial charge in [0.2, 0.25) is 5.95 Å². The lowest BCUT2D eigenvalue weighted by atomic mass is 10.0. The van der Waals surface area contributed by atoms with Crippen LogP contribution in [0.5, 0.6) is 5.75 Å². The quantitative estimate of drug-likeness (QED) is 0.687. The summed E-state index contributed by atoms with van der Waals surface area (Å²) in [7, 11) is 0. The number of anilines is 1. The molecule has 7 heteroatoms. The highest BCUT2D eigenvalue weighted by molar-refractivity contribution is 5.29. The van der Waals surface area contributed by atoms with Crippen LogP contribution < -0.4 is 10.1 Å². The van der Waals surface area contributed by atoms with E-state index in [4.69, 9.17) is 9.84 Å². The minimum atomic E-state index is -0.480. The van der Waals surface area contributed by atoms with Crippen LogP contribution in [0.1, 0.15) is 12.0 Å². The first kappa shape index (κ1) is 17.6. The Kier molecular flexibility index (Phi) is 6.16. The number of aliphatic hydroxyl groups is 2. The molecule has 0 saturated carbocycles. The molecule has 0 bridgehead atoms. The fourth-order valence-corrected chi connectivity index (χ4v) is 3.00. The van der Waals surface area contributed by atoms with Gasteiger partial charge in [-0.3, -0.25) is 4.90 Å². The van der Waals surface area contributed by atoms with Gasteiger partial charge in [-0.1, -0.05) is 12.1 Å². The summed E-state index contributed by atoms with van der Waals surface area (Å²) in [6.07, 6.45) is 3.71. The number of hydrogen-bond donors (Lipinski definition) is 3. The molecule has 0 aliphatic carbocycles. The van der Waals surface area contributed by atoms with Gasteiger partial charge < -0.3 is 20.3 Å². The average molecular weight is 344 g/mol. The maximum absolute atomic E-state index is 10.4. The third-order valence-electron chi connectivity index (χ3n) is 4.21. The SMILES string of the molecule is OCCOc1cccc(CN2CC[C@@H](Nc3ncccn3)[C@H](O)C2)c1. The number of hydrogen-bond acceptors (Lipinski definition) is 7. The second kappa shape index (κ2) is 8.75. The molecule has 0 radical (unpaired) electrons. The van der Waals surface area contributed by atoms with Crippen LogP contribution in [0.3, 0.4) is 0 Å². The Hall–Kier alpha value is -2.22. The van der Waals surface area contributed by atoms with E-state index in [1.165, 1.54) is 0 Å². The van der Waals surface area contributed by atoms with E-state index in [-0.39, 0.29) is 12.6 Å². The van der Waals surface area contributed by atoms with Crippen molar-refractivity contribution in [2.45, 2.75) is 25.1 Å². The number of likely N-dealkylation sites (tertiary alicyclic amines) is 1. The average Bonchev–Trinajstić information content (AvgIpc) is 2.63. The zero-order chi connectivity index (χ0) is 17.5. The van der Waals surface area contributed by atoms with Gasteiger partial charge in [-0.25, -0.2) is 9.97 Å². The minimum absolute atomic E-state index is 0.00205. The lowest BCUT2D eigenvalue weighted by molar-refractivity contribution is 0.0559. The normalized spacial score (nSPS) is 21.0. The summed E-state index contributed by atoms with van der Waals surface area (Å²) in [4.78, 5) is 10.5. The molecule has 2 heterocycles. The number of rotatable bonds is 7. The van der Waals surface area contributed by atoms with Gasteiger partial charge in [0.15, 0.2) is 0 Å². The van der Waals surface area contributed by atoms with Gasteiger partial charge >= 0.3 is 0 Å². The van der Waals surface area contributed by atoms with Crippen LogP contribution in [0.25, 0.3) is 0 Å². The van der Waals surface area contributed by atoms with Crippen molar-refractivity contribution >= 4 is 5.95 Å². The van der Waals surface area contributed by atoms with Crippen molar-refractivity contribution in [3.63, 3.8) is 0 Å². The zero-order valence-electron chi connectivity index (χ0n) is 14.1. The maximum atomic E-state index is 10.4. The minimum Gasteiger partial charge on any atom is -0.491 e. The summed E-state index contributed by atoms with van der Waals surface area (Å²) >= 11 is 0. The lowest BCUT2D eigenvalue weighted by Gasteiger charge is -2.36. The summed E-state index contributed by atoms with van der Waals surface area (Å²) in [5.74, 6) is 1.30. The van der Waals surface area contributed by atoms with E-state index in [2.05, 4.69) is 20.2 Å². The third-order valence-corrected chi connectivity index (χ3v) is 4.21. The van der Waals surface area contributed by atoms with Gasteiger partial charge in [0.25, 0.3) is 0 Å². The highest BCUT2D eigenvalue weighted by atomic mass is 16.5. The summed E-state index contributed by atoms with van der Waals surface area (Å²) in [6.45, 7) is 2.51. The summed E-state index contributed by atoms with van der Waals surface area (Å²) in [6, 6.07) is 9.56. The molecule has 3 N–H and O–H groups in total. The molecule has 1 aromatic heterocycles. The van der Waals surface area contributed by atoms with Gasteiger partial charge in [-0.15, -0.1) is 0 Å². The van der Waals surface area contributed by atoms with E-state index in [0.717, 1.165) is 30.8 Å². The molecule has 2 aromatic rings. The second-order valence-corrected chi connectivity index (χ2v) is 6.13. The van der Waals surface area contributed by atoms with E-state index in [0.29, 0.717) is 19.1 Å². The molecule has 0 unspecified atom stereocenters. The van der Waals surface area contributed by atoms with E-state index < -0.39 is 6.10 Å². The Morgan fingerprint density at radius 2 is 2.08 bits per heavy atom. The van der Waals surface area contributed by atoms with Crippen molar-refractivity contribution in [2.75, 3.05) is 31.6 Å². The van der Waals surface area contributed by atoms with Crippen molar-refractivity contribution in [3.05, 3.63) is 48.3 Å². The highest BCUT2D eigenvalue weighted by Gasteiger charge is 2.28. The van der Waals surface area contributed by atoms with Crippen molar-refractivity contribution in [1.29, 1.82) is 0 Å². The number of nitrogens with one attached hydrogen (secondary N) is 1. The van der Waals surface area contributed by atoms with E-state index in [1.54, 1.807) is 18.5 Å². The van der Waals surface area contributed by atoms with Crippen LogP contribution in [-0.4, -0.2) is 63.5 Å². The summed E-state index contributed by atoms with van der Waals surface area (Å²) in [5.41, 5.74) is 1.13. The number of piperidine rings is 1. The van der Waals surface area contributed by atoms with E-state index in [1.807, 2.05) is 24.3 Å². The van der Waals surface area contributed by atoms with Gasteiger partial charge in [0, 0.05) is 32.0 Å². The molecule has 7 nitrogen and oxygen atoms in total. The molecule has 0 spiro atoms. The molecular formula is C18H24N4O3. The number of ether oxygens (including phenoxy) is 1. The molecular weight excluding hydrogens is 320 g/mol. The standard InChI is InChI=1S/C18H24N4O3/c23-9-10-25-15-4-1-3-14(11-15)12-22-8-5-16(17(24)13-22)21-18-19-6-2-7-20-18/h1-4,6-7,11,16-17,23-24H,5,8-10,12-13H2,(H,19,20,21)/t16-,17-/m1/s1. The first-order valence-electron chi connectivity index (χ1n) is 8.51. The van der Waals surface area contributed by atoms with Gasteiger partial charge in [0.1, 0.15) is 12.4 Å². The van der Waals surface area contributed by atoms with Crippen molar-refractivity contribution in [3.8, 4) is 5.75 Å². The molecule has 134 valence electrons. The monoisotopic (exact) mass is 344 g/mol. The number of β-amino-alcohol motifs (C(OH)–C–C–N with tert-alkyl or cyclic N) is 1. The zero-order valence-corrected chi connectivity index (χ0v) is 14.1. The Labute approximate surface area is 147 Å². The second-order valence-electron chi connectivity index (χ2n) is 6.13. The van der Waals surface area contributed by atoms with Crippen LogP contribution in [0.15, 0.2) is 42.7 Å². The lowest BCUT2D eigenvalue weighted by Crippen LogP contribution is -2.49. The Morgan fingerprint density at radius 3 is 2.84 bits per heavy atom. The predicted molar refractivity (Wildman–Crippen MR) is 94.4 cm³/mol. The van der Waals surface area contributed by atoms with E-state index >= 15 is 0 Å². The van der Waals surface area contributed by atoms with Crippen LogP contribution >= 0.6 is 0 Å². The summed E-state index contributed by atoms with van der Waals surface area (Å²) < 4.78 is 5.45. The van der Waals surface area contributed by atoms with Crippen LogP contribution in [0.4, 0.5) is 5.95 Å². The molecule has 3 rings (SSSR count). The van der Waals surface area contributed by atoms with E-state index in [9.17, 15) is 5.11 Å². The fraction of sp³-hybridized carbons (Fsp3) is 0.444. The van der Waals surface area contributed by atoms with Crippen molar-refractivity contribution in [1.82, 2.24) is 14.9 Å². The van der Waals surface area contributed by atoms with Crippen LogP contribution in [0, 0.1) is 0 Å². The molecule has 1 saturated heterocycles. The number of benzene rings is 1. The van der Waals surface area contributed by atoms with Gasteiger partial charge in [-0.05, 0) is 30.2 Å². The molecule has 1 aliphatic heterocycles. The smallest absolute Gasteiger partial charge is 0.222 e. The van der Waals surface area contributed by atoms with Crippen molar-refractivity contribution < 1.29 is 14.9 Å². The van der Waals surface area contributed by atoms with Crippen LogP contribution in [-0.2, 0) is 6.54 Å².